The Kier molecular flexibility index (Phi) is 4.51. The first kappa shape index (κ1) is 14.6. The van der Waals surface area contributed by atoms with E-state index in [1.807, 2.05) is 0 Å². The summed E-state index contributed by atoms with van der Waals surface area (Å²) in [6.07, 6.45) is 0. The van der Waals surface area contributed by atoms with Gasteiger partial charge in [0.2, 0.25) is 0 Å². The van der Waals surface area contributed by atoms with Gasteiger partial charge in [-0.3, -0.25) is 14.9 Å². The van der Waals surface area contributed by atoms with Gasteiger partial charge >= 0.3 is 5.97 Å². The minimum Gasteiger partial charge on any atom is -0.467 e. The summed E-state index contributed by atoms with van der Waals surface area (Å²) in [6.45, 7) is 1.37. The molecule has 0 heterocycles. The molecule has 1 amide bonds. The third-order valence-corrected chi connectivity index (χ3v) is 2.31. The average Bonchev–Trinajstić information content (AvgIpc) is 2.37. The number of methoxy groups -OCH3 is 1. The monoisotopic (exact) mass is 270 g/mol. The number of hydrogen-bond acceptors (Lipinski definition) is 5. The summed E-state index contributed by atoms with van der Waals surface area (Å²) in [5.41, 5.74) is -0.851. The van der Waals surface area contributed by atoms with Gasteiger partial charge in [0.15, 0.2) is 0 Å². The van der Waals surface area contributed by atoms with Crippen LogP contribution < -0.4 is 5.32 Å². The predicted molar refractivity (Wildman–Crippen MR) is 62.0 cm³/mol. The zero-order valence-corrected chi connectivity index (χ0v) is 10.2. The second-order valence-electron chi connectivity index (χ2n) is 3.64. The van der Waals surface area contributed by atoms with E-state index in [-0.39, 0.29) is 5.56 Å². The number of nitro benzene ring substituents is 1. The van der Waals surface area contributed by atoms with Crippen LogP contribution in [-0.2, 0) is 9.53 Å². The molecule has 0 saturated heterocycles. The molecule has 0 aliphatic heterocycles. The first-order valence-electron chi connectivity index (χ1n) is 5.19. The number of non-ortho nitro benzene ring substituents is 1. The summed E-state index contributed by atoms with van der Waals surface area (Å²) in [7, 11) is 1.15. The SMILES string of the molecule is COC(=O)C(C)NC(=O)c1ccc([N+](=O)[O-])cc1F. The molecule has 0 aliphatic rings. The van der Waals surface area contributed by atoms with Gasteiger partial charge in [-0.05, 0) is 13.0 Å². The normalized spacial score (nSPS) is 11.5. The van der Waals surface area contributed by atoms with Crippen LogP contribution in [0, 0.1) is 15.9 Å². The summed E-state index contributed by atoms with van der Waals surface area (Å²) in [6, 6.07) is 1.66. The minimum atomic E-state index is -1.04. The molecular formula is C11H11FN2O5. The van der Waals surface area contributed by atoms with Crippen LogP contribution in [0.5, 0.6) is 0 Å². The molecule has 0 aromatic heterocycles. The number of benzene rings is 1. The molecule has 0 fully saturated rings. The molecule has 0 bridgehead atoms. The van der Waals surface area contributed by atoms with Crippen LogP contribution >= 0.6 is 0 Å². The molecule has 1 unspecified atom stereocenters. The number of amides is 1. The molecule has 0 radical (unpaired) electrons. The van der Waals surface area contributed by atoms with Crippen LogP contribution in [0.15, 0.2) is 18.2 Å². The molecule has 19 heavy (non-hydrogen) atoms. The van der Waals surface area contributed by atoms with E-state index >= 15 is 0 Å². The van der Waals surface area contributed by atoms with Gasteiger partial charge in [0.05, 0.1) is 23.7 Å². The Morgan fingerprint density at radius 1 is 1.47 bits per heavy atom. The fourth-order valence-corrected chi connectivity index (χ4v) is 1.31. The maximum Gasteiger partial charge on any atom is 0.328 e. The number of ether oxygens (including phenoxy) is 1. The van der Waals surface area contributed by atoms with Crippen LogP contribution in [0.25, 0.3) is 0 Å². The topological polar surface area (TPSA) is 98.5 Å². The second kappa shape index (κ2) is 5.89. The molecule has 8 heteroatoms. The van der Waals surface area contributed by atoms with Gasteiger partial charge in [-0.2, -0.15) is 0 Å². The number of nitro groups is 1. The molecule has 1 N–H and O–H groups in total. The Bertz CT molecular complexity index is 532. The number of nitrogens with zero attached hydrogens (tertiary/aromatic N) is 1. The van der Waals surface area contributed by atoms with Crippen molar-refractivity contribution >= 4 is 17.6 Å². The zero-order valence-electron chi connectivity index (χ0n) is 10.2. The van der Waals surface area contributed by atoms with Gasteiger partial charge in [-0.1, -0.05) is 0 Å². The van der Waals surface area contributed by atoms with Crippen molar-refractivity contribution in [3.8, 4) is 0 Å². The fourth-order valence-electron chi connectivity index (χ4n) is 1.31. The van der Waals surface area contributed by atoms with E-state index in [0.29, 0.717) is 6.07 Å². The van der Waals surface area contributed by atoms with Gasteiger partial charge in [0.1, 0.15) is 11.9 Å². The smallest absolute Gasteiger partial charge is 0.328 e. The molecule has 0 aliphatic carbocycles. The highest BCUT2D eigenvalue weighted by Crippen LogP contribution is 2.16. The molecule has 0 saturated carbocycles. The summed E-state index contributed by atoms with van der Waals surface area (Å²) >= 11 is 0. The van der Waals surface area contributed by atoms with Crippen molar-refractivity contribution in [3.05, 3.63) is 39.7 Å². The quantitative estimate of drug-likeness (QED) is 0.500. The highest BCUT2D eigenvalue weighted by molar-refractivity contribution is 5.97. The van der Waals surface area contributed by atoms with Gasteiger partial charge < -0.3 is 10.1 Å². The van der Waals surface area contributed by atoms with Gasteiger partial charge in [-0.15, -0.1) is 0 Å². The molecule has 7 nitrogen and oxygen atoms in total. The lowest BCUT2D eigenvalue weighted by atomic mass is 10.1. The molecule has 1 aromatic carbocycles. The molecule has 1 rings (SSSR count). The first-order chi connectivity index (χ1) is 8.86. The number of carbonyl (C=O) groups excluding carboxylic acids is 2. The minimum absolute atomic E-state index is 0.388. The van der Waals surface area contributed by atoms with Crippen molar-refractivity contribution in [1.82, 2.24) is 5.32 Å². The lowest BCUT2D eigenvalue weighted by Gasteiger charge is -2.11. The molecule has 102 valence electrons. The predicted octanol–water partition coefficient (Wildman–Crippen LogP) is 1.03. The average molecular weight is 270 g/mol. The Labute approximate surface area is 107 Å². The third kappa shape index (κ3) is 3.47. The number of esters is 1. The van der Waals surface area contributed by atoms with Crippen molar-refractivity contribution in [2.24, 2.45) is 0 Å². The molecule has 1 atom stereocenters. The van der Waals surface area contributed by atoms with Gasteiger partial charge in [0, 0.05) is 6.07 Å². The maximum absolute atomic E-state index is 13.5. The highest BCUT2D eigenvalue weighted by atomic mass is 19.1. The summed E-state index contributed by atoms with van der Waals surface area (Å²) in [5, 5.41) is 12.6. The van der Waals surface area contributed by atoms with Crippen LogP contribution in [-0.4, -0.2) is 30.0 Å². The lowest BCUT2D eigenvalue weighted by molar-refractivity contribution is -0.385. The van der Waals surface area contributed by atoms with Crippen LogP contribution in [0.3, 0.4) is 0 Å². The number of nitrogens with one attached hydrogen (secondary N) is 1. The first-order valence-corrected chi connectivity index (χ1v) is 5.19. The zero-order chi connectivity index (χ0) is 14.6. The van der Waals surface area contributed by atoms with Crippen molar-refractivity contribution < 1.29 is 23.6 Å². The Balaban J connectivity index is 2.89. The molecular weight excluding hydrogens is 259 g/mol. The summed E-state index contributed by atoms with van der Waals surface area (Å²) < 4.78 is 17.9. The van der Waals surface area contributed by atoms with E-state index < -0.39 is 34.3 Å². The summed E-state index contributed by atoms with van der Waals surface area (Å²) in [4.78, 5) is 32.4. The van der Waals surface area contributed by atoms with Crippen molar-refractivity contribution in [1.29, 1.82) is 0 Å². The number of rotatable bonds is 4. The van der Waals surface area contributed by atoms with E-state index in [1.165, 1.54) is 6.92 Å². The fraction of sp³-hybridized carbons (Fsp3) is 0.273. The van der Waals surface area contributed by atoms with Crippen LogP contribution in [0.2, 0.25) is 0 Å². The van der Waals surface area contributed by atoms with Gasteiger partial charge in [-0.25, -0.2) is 9.18 Å². The van der Waals surface area contributed by atoms with Crippen molar-refractivity contribution in [2.45, 2.75) is 13.0 Å². The maximum atomic E-state index is 13.5. The van der Waals surface area contributed by atoms with Crippen LogP contribution in [0.4, 0.5) is 10.1 Å². The number of carbonyl (C=O) groups is 2. The van der Waals surface area contributed by atoms with Gasteiger partial charge in [0.25, 0.3) is 11.6 Å². The Hall–Kier alpha value is -2.51. The van der Waals surface area contributed by atoms with E-state index in [9.17, 15) is 24.1 Å². The lowest BCUT2D eigenvalue weighted by Crippen LogP contribution is -2.39. The molecule has 0 spiro atoms. The Morgan fingerprint density at radius 3 is 2.58 bits per heavy atom. The largest absolute Gasteiger partial charge is 0.467 e. The van der Waals surface area contributed by atoms with E-state index in [1.54, 1.807) is 0 Å². The third-order valence-electron chi connectivity index (χ3n) is 2.31. The molecule has 1 aromatic rings. The standard InChI is InChI=1S/C11H11FN2O5/c1-6(11(16)19-2)13-10(15)8-4-3-7(14(17)18)5-9(8)12/h3-6H,1-2H3,(H,13,15). The van der Waals surface area contributed by atoms with E-state index in [2.05, 4.69) is 10.1 Å². The number of halogens is 1. The van der Waals surface area contributed by atoms with Crippen molar-refractivity contribution in [2.75, 3.05) is 7.11 Å². The van der Waals surface area contributed by atoms with Crippen molar-refractivity contribution in [3.63, 3.8) is 0 Å². The second-order valence-corrected chi connectivity index (χ2v) is 3.64. The highest BCUT2D eigenvalue weighted by Gasteiger charge is 2.20. The van der Waals surface area contributed by atoms with Crippen LogP contribution in [0.1, 0.15) is 17.3 Å². The Morgan fingerprint density at radius 2 is 2.11 bits per heavy atom. The van der Waals surface area contributed by atoms with E-state index in [0.717, 1.165) is 19.2 Å². The number of hydrogen-bond donors (Lipinski definition) is 1. The van der Waals surface area contributed by atoms with E-state index in [4.69, 9.17) is 0 Å². The summed E-state index contributed by atoms with van der Waals surface area (Å²) in [5.74, 6) is -2.58.